The second kappa shape index (κ2) is 7.71. The van der Waals surface area contributed by atoms with Crippen molar-refractivity contribution in [1.29, 1.82) is 0 Å². The average molecular weight is 261 g/mol. The predicted octanol–water partition coefficient (Wildman–Crippen LogP) is 1.44. The summed E-state index contributed by atoms with van der Waals surface area (Å²) in [4.78, 5) is 25.5. The Labute approximate surface area is 108 Å². The second-order valence-corrected chi connectivity index (χ2v) is 5.73. The molecule has 0 aliphatic rings. The molecule has 0 heterocycles. The first kappa shape index (κ1) is 16.4. The molecule has 0 bridgehead atoms. The number of hydrogen-bond acceptors (Lipinski definition) is 5. The smallest absolute Gasteiger partial charge is 0.319 e. The molecule has 0 fully saturated rings. The van der Waals surface area contributed by atoms with Gasteiger partial charge in [-0.3, -0.25) is 9.59 Å². The number of ketones is 1. The maximum Gasteiger partial charge on any atom is 0.319 e. The van der Waals surface area contributed by atoms with Crippen LogP contribution >= 0.6 is 11.8 Å². The molecule has 0 atom stereocenters. The maximum absolute atomic E-state index is 11.9. The van der Waals surface area contributed by atoms with Gasteiger partial charge in [-0.2, -0.15) is 11.8 Å². The highest BCUT2D eigenvalue weighted by molar-refractivity contribution is 7.99. The highest BCUT2D eigenvalue weighted by Gasteiger charge is 2.36. The van der Waals surface area contributed by atoms with Crippen molar-refractivity contribution in [3.05, 3.63) is 0 Å². The molecule has 17 heavy (non-hydrogen) atoms. The van der Waals surface area contributed by atoms with Crippen molar-refractivity contribution in [2.45, 2.75) is 20.8 Å². The monoisotopic (exact) mass is 261 g/mol. The molecule has 0 aliphatic carbocycles. The van der Waals surface area contributed by atoms with Gasteiger partial charge in [0.2, 0.25) is 0 Å². The fourth-order valence-electron chi connectivity index (χ4n) is 1.02. The summed E-state index contributed by atoms with van der Waals surface area (Å²) in [7, 11) is 3.98. The van der Waals surface area contributed by atoms with Gasteiger partial charge in [-0.15, -0.1) is 0 Å². The Hall–Kier alpha value is -0.550. The molecular formula is C12H23NO3S. The summed E-state index contributed by atoms with van der Waals surface area (Å²) in [5.41, 5.74) is -1.03. The third kappa shape index (κ3) is 6.07. The molecule has 0 rings (SSSR count). The quantitative estimate of drug-likeness (QED) is 0.376. The molecule has 0 saturated carbocycles. The zero-order valence-electron chi connectivity index (χ0n) is 11.4. The van der Waals surface area contributed by atoms with Crippen LogP contribution in [0.25, 0.3) is 0 Å². The Balaban J connectivity index is 4.07. The minimum Gasteiger partial charge on any atom is -0.465 e. The normalized spacial score (nSPS) is 11.6. The lowest BCUT2D eigenvalue weighted by Crippen LogP contribution is -2.36. The topological polar surface area (TPSA) is 46.6 Å². The molecule has 5 heteroatoms. The van der Waals surface area contributed by atoms with Crippen LogP contribution in [-0.2, 0) is 14.3 Å². The van der Waals surface area contributed by atoms with E-state index in [1.807, 2.05) is 14.1 Å². The van der Waals surface area contributed by atoms with Gasteiger partial charge in [0.15, 0.2) is 5.78 Å². The van der Waals surface area contributed by atoms with Crippen molar-refractivity contribution < 1.29 is 14.3 Å². The van der Waals surface area contributed by atoms with Gasteiger partial charge in [-0.1, -0.05) is 0 Å². The molecule has 0 radical (unpaired) electrons. The molecule has 0 unspecified atom stereocenters. The SMILES string of the molecule is CCOC(=O)C(C)(C)C(=O)CSCCN(C)C. The van der Waals surface area contributed by atoms with Crippen molar-refractivity contribution in [2.24, 2.45) is 5.41 Å². The summed E-state index contributed by atoms with van der Waals surface area (Å²) in [6.07, 6.45) is 0. The summed E-state index contributed by atoms with van der Waals surface area (Å²) in [6.45, 7) is 6.23. The number of nitrogens with zero attached hydrogens (tertiary/aromatic N) is 1. The molecule has 0 aliphatic heterocycles. The van der Waals surface area contributed by atoms with E-state index in [0.717, 1.165) is 12.3 Å². The molecule has 0 aromatic heterocycles. The minimum atomic E-state index is -1.03. The van der Waals surface area contributed by atoms with Crippen molar-refractivity contribution in [3.8, 4) is 0 Å². The zero-order valence-corrected chi connectivity index (χ0v) is 12.2. The molecular weight excluding hydrogens is 238 g/mol. The minimum absolute atomic E-state index is 0.0697. The van der Waals surface area contributed by atoms with Gasteiger partial charge in [0.05, 0.1) is 12.4 Å². The van der Waals surface area contributed by atoms with Crippen LogP contribution in [0.2, 0.25) is 0 Å². The van der Waals surface area contributed by atoms with Crippen LogP contribution in [0.15, 0.2) is 0 Å². The first-order valence-corrected chi connectivity index (χ1v) is 6.90. The Bertz CT molecular complexity index is 264. The van der Waals surface area contributed by atoms with E-state index >= 15 is 0 Å². The van der Waals surface area contributed by atoms with Crippen molar-refractivity contribution >= 4 is 23.5 Å². The lowest BCUT2D eigenvalue weighted by molar-refractivity contribution is -0.157. The fraction of sp³-hybridized carbons (Fsp3) is 0.833. The summed E-state index contributed by atoms with van der Waals surface area (Å²) in [6, 6.07) is 0. The van der Waals surface area contributed by atoms with Crippen LogP contribution in [0, 0.1) is 5.41 Å². The number of Topliss-reactive ketones (excluding diaryl/α,β-unsaturated/α-hetero) is 1. The maximum atomic E-state index is 11.9. The van der Waals surface area contributed by atoms with Crippen LogP contribution in [0.3, 0.4) is 0 Å². The predicted molar refractivity (Wildman–Crippen MR) is 71.3 cm³/mol. The Kier molecular flexibility index (Phi) is 7.46. The van der Waals surface area contributed by atoms with Crippen LogP contribution in [0.1, 0.15) is 20.8 Å². The number of ether oxygens (including phenoxy) is 1. The Morgan fingerprint density at radius 1 is 1.29 bits per heavy atom. The van der Waals surface area contributed by atoms with Gasteiger partial charge in [-0.05, 0) is 34.9 Å². The lowest BCUT2D eigenvalue weighted by atomic mass is 9.89. The lowest BCUT2D eigenvalue weighted by Gasteiger charge is -2.20. The van der Waals surface area contributed by atoms with Crippen LogP contribution < -0.4 is 0 Å². The van der Waals surface area contributed by atoms with Gasteiger partial charge in [0.1, 0.15) is 5.41 Å². The molecule has 0 saturated heterocycles. The van der Waals surface area contributed by atoms with Gasteiger partial charge in [-0.25, -0.2) is 0 Å². The highest BCUT2D eigenvalue weighted by Crippen LogP contribution is 2.21. The first-order valence-electron chi connectivity index (χ1n) is 5.75. The van der Waals surface area contributed by atoms with E-state index in [9.17, 15) is 9.59 Å². The van der Waals surface area contributed by atoms with Crippen molar-refractivity contribution in [2.75, 3.05) is 38.8 Å². The largest absolute Gasteiger partial charge is 0.465 e. The van der Waals surface area contributed by atoms with Gasteiger partial charge in [0, 0.05) is 12.3 Å². The first-order chi connectivity index (χ1) is 7.82. The molecule has 0 aromatic rings. The van der Waals surface area contributed by atoms with Gasteiger partial charge >= 0.3 is 5.97 Å². The van der Waals surface area contributed by atoms with Gasteiger partial charge in [0.25, 0.3) is 0 Å². The van der Waals surface area contributed by atoms with E-state index in [1.54, 1.807) is 32.5 Å². The van der Waals surface area contributed by atoms with Crippen molar-refractivity contribution in [1.82, 2.24) is 4.90 Å². The molecule has 100 valence electrons. The highest BCUT2D eigenvalue weighted by atomic mass is 32.2. The number of rotatable bonds is 8. The molecule has 0 spiro atoms. The third-order valence-electron chi connectivity index (χ3n) is 2.40. The van der Waals surface area contributed by atoms with E-state index < -0.39 is 11.4 Å². The number of hydrogen-bond donors (Lipinski definition) is 0. The van der Waals surface area contributed by atoms with Crippen LogP contribution in [0.5, 0.6) is 0 Å². The van der Waals surface area contributed by atoms with Crippen LogP contribution in [0.4, 0.5) is 0 Å². The molecule has 0 N–H and O–H groups in total. The second-order valence-electron chi connectivity index (χ2n) is 4.62. The molecule has 4 nitrogen and oxygen atoms in total. The average Bonchev–Trinajstić information content (AvgIpc) is 2.23. The molecule has 0 amide bonds. The number of carbonyl (C=O) groups is 2. The van der Waals surface area contributed by atoms with E-state index in [2.05, 4.69) is 4.90 Å². The van der Waals surface area contributed by atoms with E-state index in [-0.39, 0.29) is 5.78 Å². The number of esters is 1. The summed E-state index contributed by atoms with van der Waals surface area (Å²) in [5.74, 6) is 0.745. The Morgan fingerprint density at radius 3 is 2.35 bits per heavy atom. The zero-order chi connectivity index (χ0) is 13.5. The summed E-state index contributed by atoms with van der Waals surface area (Å²) >= 11 is 1.55. The fourth-order valence-corrected chi connectivity index (χ4v) is 2.20. The number of thioether (sulfide) groups is 1. The van der Waals surface area contributed by atoms with E-state index in [0.29, 0.717) is 12.4 Å². The van der Waals surface area contributed by atoms with Crippen LogP contribution in [-0.4, -0.2) is 55.4 Å². The van der Waals surface area contributed by atoms with E-state index in [1.165, 1.54) is 0 Å². The summed E-state index contributed by atoms with van der Waals surface area (Å²) in [5, 5.41) is 0. The van der Waals surface area contributed by atoms with E-state index in [4.69, 9.17) is 4.74 Å². The van der Waals surface area contributed by atoms with Crippen molar-refractivity contribution in [3.63, 3.8) is 0 Å². The van der Waals surface area contributed by atoms with Gasteiger partial charge < -0.3 is 9.64 Å². The standard InChI is InChI=1S/C12H23NO3S/c1-6-16-11(15)12(2,3)10(14)9-17-8-7-13(4)5/h6-9H2,1-5H3. The molecule has 0 aromatic carbocycles. The number of carbonyl (C=O) groups excluding carboxylic acids is 2. The Morgan fingerprint density at radius 2 is 1.88 bits per heavy atom. The summed E-state index contributed by atoms with van der Waals surface area (Å²) < 4.78 is 4.90. The third-order valence-corrected chi connectivity index (χ3v) is 3.34.